The fraction of sp³-hybridized carbons (Fsp3) is 0.632. The van der Waals surface area contributed by atoms with E-state index < -0.39 is 0 Å². The van der Waals surface area contributed by atoms with Gasteiger partial charge in [-0.3, -0.25) is 0 Å². The maximum Gasteiger partial charge on any atom is 0.315 e. The van der Waals surface area contributed by atoms with Gasteiger partial charge in [-0.05, 0) is 49.3 Å². The minimum absolute atomic E-state index is 0.119. The Morgan fingerprint density at radius 2 is 1.83 bits per heavy atom. The van der Waals surface area contributed by atoms with Crippen molar-refractivity contribution in [1.82, 2.24) is 10.6 Å². The highest BCUT2D eigenvalue weighted by Gasteiger charge is 2.18. The van der Waals surface area contributed by atoms with Crippen molar-refractivity contribution in [2.45, 2.75) is 46.2 Å². The number of aliphatic hydroxyl groups is 1. The van der Waals surface area contributed by atoms with Crippen LogP contribution in [0.15, 0.2) is 24.3 Å². The van der Waals surface area contributed by atoms with E-state index in [1.165, 1.54) is 5.69 Å². The van der Waals surface area contributed by atoms with Gasteiger partial charge in [0.1, 0.15) is 0 Å². The molecule has 1 heterocycles. The van der Waals surface area contributed by atoms with Crippen molar-refractivity contribution < 1.29 is 9.90 Å². The fourth-order valence-corrected chi connectivity index (χ4v) is 2.81. The number of hydrogen-bond donors (Lipinski definition) is 3. The molecule has 1 aromatic rings. The van der Waals surface area contributed by atoms with Gasteiger partial charge in [-0.15, -0.1) is 0 Å². The number of anilines is 1. The first-order chi connectivity index (χ1) is 11.5. The fourth-order valence-electron chi connectivity index (χ4n) is 2.81. The number of piperidine rings is 1. The molecule has 2 amide bonds. The van der Waals surface area contributed by atoms with Crippen LogP contribution in [0.25, 0.3) is 0 Å². The normalized spacial score (nSPS) is 17.0. The topological polar surface area (TPSA) is 64.6 Å². The highest BCUT2D eigenvalue weighted by atomic mass is 16.3. The maximum atomic E-state index is 11.9. The van der Waals surface area contributed by atoms with E-state index in [0.29, 0.717) is 25.0 Å². The number of aliphatic hydroxyl groups excluding tert-OH is 1. The summed E-state index contributed by atoms with van der Waals surface area (Å²) in [6.07, 6.45) is 2.10. The molecule has 0 aliphatic carbocycles. The van der Waals surface area contributed by atoms with E-state index in [9.17, 15) is 9.90 Å². The van der Waals surface area contributed by atoms with Gasteiger partial charge in [0.05, 0.1) is 0 Å². The van der Waals surface area contributed by atoms with E-state index in [2.05, 4.69) is 53.6 Å². The van der Waals surface area contributed by atoms with Gasteiger partial charge in [-0.1, -0.05) is 26.0 Å². The monoisotopic (exact) mass is 333 g/mol. The summed E-state index contributed by atoms with van der Waals surface area (Å²) in [4.78, 5) is 14.2. The molecule has 1 aromatic carbocycles. The zero-order chi connectivity index (χ0) is 17.5. The van der Waals surface area contributed by atoms with Crippen molar-refractivity contribution in [2.75, 3.05) is 24.6 Å². The lowest BCUT2D eigenvalue weighted by atomic mass is 9.97. The number of hydrogen-bond acceptors (Lipinski definition) is 3. The highest BCUT2D eigenvalue weighted by molar-refractivity contribution is 5.74. The van der Waals surface area contributed by atoms with E-state index in [4.69, 9.17) is 0 Å². The lowest BCUT2D eigenvalue weighted by molar-refractivity contribution is 0.203. The van der Waals surface area contributed by atoms with Crippen molar-refractivity contribution >= 4 is 11.7 Å². The van der Waals surface area contributed by atoms with Gasteiger partial charge in [0.15, 0.2) is 0 Å². The molecule has 1 saturated heterocycles. The molecule has 1 atom stereocenters. The first-order valence-electron chi connectivity index (χ1n) is 8.98. The van der Waals surface area contributed by atoms with Crippen molar-refractivity contribution in [3.8, 4) is 0 Å². The van der Waals surface area contributed by atoms with Crippen LogP contribution in [0, 0.1) is 11.8 Å². The Morgan fingerprint density at radius 3 is 2.38 bits per heavy atom. The summed E-state index contributed by atoms with van der Waals surface area (Å²) in [6, 6.07) is 8.41. The van der Waals surface area contributed by atoms with Crippen LogP contribution < -0.4 is 15.5 Å². The van der Waals surface area contributed by atoms with Gasteiger partial charge in [0, 0.05) is 38.0 Å². The summed E-state index contributed by atoms with van der Waals surface area (Å²) in [6.45, 7) is 9.02. The quantitative estimate of drug-likeness (QED) is 0.750. The molecule has 0 aromatic heterocycles. The second-order valence-corrected chi connectivity index (χ2v) is 7.14. The van der Waals surface area contributed by atoms with Crippen LogP contribution >= 0.6 is 0 Å². The molecule has 1 aliphatic rings. The van der Waals surface area contributed by atoms with Crippen LogP contribution in [-0.2, 0) is 6.54 Å². The number of rotatable bonds is 6. The van der Waals surface area contributed by atoms with Crippen molar-refractivity contribution in [3.05, 3.63) is 29.8 Å². The Labute approximate surface area is 145 Å². The second-order valence-electron chi connectivity index (χ2n) is 7.14. The van der Waals surface area contributed by atoms with Gasteiger partial charge >= 0.3 is 6.03 Å². The number of nitrogens with one attached hydrogen (secondary N) is 2. The lowest BCUT2D eigenvalue weighted by Crippen LogP contribution is -2.42. The molecule has 5 heteroatoms. The maximum absolute atomic E-state index is 11.9. The zero-order valence-corrected chi connectivity index (χ0v) is 15.1. The minimum Gasteiger partial charge on any atom is -0.396 e. The number of nitrogens with zero attached hydrogens (tertiary/aromatic N) is 1. The summed E-state index contributed by atoms with van der Waals surface area (Å²) < 4.78 is 0. The molecule has 0 radical (unpaired) electrons. The first kappa shape index (κ1) is 18.6. The molecule has 5 nitrogen and oxygen atoms in total. The minimum atomic E-state index is -0.119. The summed E-state index contributed by atoms with van der Waals surface area (Å²) in [7, 11) is 0. The van der Waals surface area contributed by atoms with Crippen molar-refractivity contribution in [1.29, 1.82) is 0 Å². The number of amides is 2. The predicted octanol–water partition coefficient (Wildman–Crippen LogP) is 2.74. The highest BCUT2D eigenvalue weighted by Crippen LogP contribution is 2.23. The van der Waals surface area contributed by atoms with Crippen molar-refractivity contribution in [2.24, 2.45) is 11.8 Å². The Morgan fingerprint density at radius 1 is 1.21 bits per heavy atom. The van der Waals surface area contributed by atoms with E-state index >= 15 is 0 Å². The van der Waals surface area contributed by atoms with E-state index in [0.717, 1.165) is 31.5 Å². The average molecular weight is 333 g/mol. The molecule has 3 N–H and O–H groups in total. The number of urea groups is 1. The Bertz CT molecular complexity index is 508. The van der Waals surface area contributed by atoms with Crippen LogP contribution in [0.4, 0.5) is 10.5 Å². The summed E-state index contributed by atoms with van der Waals surface area (Å²) in [5.74, 6) is 0.876. The van der Waals surface area contributed by atoms with Crippen LogP contribution in [0.5, 0.6) is 0 Å². The Balaban J connectivity index is 1.79. The standard InChI is InChI=1S/C19H31N3O2/c1-14(2)15(3)21-19(24)20-12-16-4-6-18(7-5-16)22-10-8-17(13-23)9-11-22/h4-7,14-15,17,23H,8-13H2,1-3H3,(H2,20,21,24). The lowest BCUT2D eigenvalue weighted by Gasteiger charge is -2.33. The second kappa shape index (κ2) is 8.92. The molecule has 0 bridgehead atoms. The number of carbonyl (C=O) groups excluding carboxylic acids is 1. The van der Waals surface area contributed by atoms with E-state index in [-0.39, 0.29) is 12.1 Å². The van der Waals surface area contributed by atoms with Gasteiger partial charge in [0.25, 0.3) is 0 Å². The van der Waals surface area contributed by atoms with Gasteiger partial charge in [0.2, 0.25) is 0 Å². The average Bonchev–Trinajstić information content (AvgIpc) is 2.60. The Kier molecular flexibility index (Phi) is 6.91. The summed E-state index contributed by atoms with van der Waals surface area (Å²) in [5, 5.41) is 15.1. The van der Waals surface area contributed by atoms with E-state index in [1.54, 1.807) is 0 Å². The first-order valence-corrected chi connectivity index (χ1v) is 8.98. The third-order valence-corrected chi connectivity index (χ3v) is 4.99. The summed E-state index contributed by atoms with van der Waals surface area (Å²) >= 11 is 0. The van der Waals surface area contributed by atoms with Gasteiger partial charge in [-0.25, -0.2) is 4.79 Å². The molecular formula is C19H31N3O2. The van der Waals surface area contributed by atoms with Crippen LogP contribution in [0.3, 0.4) is 0 Å². The number of benzene rings is 1. The largest absolute Gasteiger partial charge is 0.396 e. The van der Waals surface area contributed by atoms with Crippen LogP contribution in [0.1, 0.15) is 39.2 Å². The molecule has 134 valence electrons. The predicted molar refractivity (Wildman–Crippen MR) is 98.1 cm³/mol. The third kappa shape index (κ3) is 5.41. The Hall–Kier alpha value is -1.75. The summed E-state index contributed by atoms with van der Waals surface area (Å²) in [5.41, 5.74) is 2.31. The molecule has 0 saturated carbocycles. The molecule has 2 rings (SSSR count). The van der Waals surface area contributed by atoms with Crippen molar-refractivity contribution in [3.63, 3.8) is 0 Å². The van der Waals surface area contributed by atoms with Gasteiger partial charge < -0.3 is 20.6 Å². The molecule has 1 fully saturated rings. The van der Waals surface area contributed by atoms with Crippen LogP contribution in [-0.4, -0.2) is 36.9 Å². The smallest absolute Gasteiger partial charge is 0.315 e. The van der Waals surface area contributed by atoms with Crippen LogP contribution in [0.2, 0.25) is 0 Å². The zero-order valence-electron chi connectivity index (χ0n) is 15.1. The molecule has 1 aliphatic heterocycles. The van der Waals surface area contributed by atoms with Gasteiger partial charge in [-0.2, -0.15) is 0 Å². The molecule has 24 heavy (non-hydrogen) atoms. The molecule has 0 spiro atoms. The molecular weight excluding hydrogens is 302 g/mol. The SMILES string of the molecule is CC(C)C(C)NC(=O)NCc1ccc(N2CCC(CO)CC2)cc1. The molecule has 1 unspecified atom stereocenters. The number of carbonyl (C=O) groups is 1. The third-order valence-electron chi connectivity index (χ3n) is 4.99. The van der Waals surface area contributed by atoms with E-state index in [1.807, 2.05) is 6.92 Å².